The molecule has 3 nitrogen and oxygen atoms in total. The molecule has 0 N–H and O–H groups in total. The molecule has 1 aromatic carbocycles. The van der Waals surface area contributed by atoms with Crippen LogP contribution in [0, 0.1) is 5.92 Å². The second-order valence-electron chi connectivity index (χ2n) is 5.58. The van der Waals surface area contributed by atoms with Crippen LogP contribution in [0.15, 0.2) is 18.2 Å². The van der Waals surface area contributed by atoms with E-state index in [2.05, 4.69) is 12.1 Å². The van der Waals surface area contributed by atoms with Crippen LogP contribution in [0.3, 0.4) is 0 Å². The summed E-state index contributed by atoms with van der Waals surface area (Å²) in [6, 6.07) is 6.07. The van der Waals surface area contributed by atoms with E-state index in [-0.39, 0.29) is 5.92 Å². The maximum atomic E-state index is 10.8. The topological polar surface area (TPSA) is 35.5 Å². The fourth-order valence-electron chi connectivity index (χ4n) is 2.95. The van der Waals surface area contributed by atoms with Crippen LogP contribution in [0.4, 0.5) is 0 Å². The highest BCUT2D eigenvalue weighted by molar-refractivity contribution is 5.62. The Hall–Kier alpha value is -1.51. The molecule has 2 saturated carbocycles. The molecule has 0 amide bonds. The highest BCUT2D eigenvalue weighted by Crippen LogP contribution is 2.48. The molecule has 0 aliphatic heterocycles. The van der Waals surface area contributed by atoms with E-state index in [0.29, 0.717) is 12.0 Å². The number of methoxy groups -OCH3 is 1. The highest BCUT2D eigenvalue weighted by Gasteiger charge is 2.38. The maximum absolute atomic E-state index is 10.8. The van der Waals surface area contributed by atoms with E-state index in [9.17, 15) is 4.79 Å². The lowest BCUT2D eigenvalue weighted by Gasteiger charge is -2.16. The van der Waals surface area contributed by atoms with E-state index in [1.54, 1.807) is 7.11 Å². The van der Waals surface area contributed by atoms with Crippen molar-refractivity contribution in [2.75, 3.05) is 7.11 Å². The zero-order valence-electron chi connectivity index (χ0n) is 11.3. The molecule has 1 aromatic rings. The summed E-state index contributed by atoms with van der Waals surface area (Å²) < 4.78 is 11.4. The first-order valence-corrected chi connectivity index (χ1v) is 7.11. The molecule has 0 bridgehead atoms. The van der Waals surface area contributed by atoms with Gasteiger partial charge in [-0.2, -0.15) is 0 Å². The Morgan fingerprint density at radius 1 is 1.21 bits per heavy atom. The van der Waals surface area contributed by atoms with Crippen molar-refractivity contribution in [3.63, 3.8) is 0 Å². The van der Waals surface area contributed by atoms with Crippen LogP contribution in [0.5, 0.6) is 11.5 Å². The Kier molecular flexibility index (Phi) is 3.45. The number of benzene rings is 1. The third-order valence-corrected chi connectivity index (χ3v) is 4.23. The Bertz CT molecular complexity index is 463. The minimum absolute atomic E-state index is 0.202. The Labute approximate surface area is 113 Å². The van der Waals surface area contributed by atoms with Crippen LogP contribution >= 0.6 is 0 Å². The summed E-state index contributed by atoms with van der Waals surface area (Å²) in [4.78, 5) is 10.8. The van der Waals surface area contributed by atoms with Gasteiger partial charge in [-0.3, -0.25) is 0 Å². The van der Waals surface area contributed by atoms with Gasteiger partial charge in [0.15, 0.2) is 11.5 Å². The largest absolute Gasteiger partial charge is 0.493 e. The quantitative estimate of drug-likeness (QED) is 0.762. The molecule has 0 heterocycles. The molecule has 0 saturated heterocycles. The summed E-state index contributed by atoms with van der Waals surface area (Å²) in [5.74, 6) is 2.21. The van der Waals surface area contributed by atoms with Crippen molar-refractivity contribution in [2.24, 2.45) is 5.92 Å². The van der Waals surface area contributed by atoms with Crippen molar-refractivity contribution in [1.29, 1.82) is 0 Å². The Balaban J connectivity index is 1.79. The molecule has 2 aliphatic rings. The second kappa shape index (κ2) is 5.24. The average molecular weight is 260 g/mol. The average Bonchev–Trinajstić information content (AvgIpc) is 3.07. The van der Waals surface area contributed by atoms with Gasteiger partial charge in [0.2, 0.25) is 0 Å². The maximum Gasteiger partial charge on any atom is 0.161 e. The van der Waals surface area contributed by atoms with Gasteiger partial charge in [-0.15, -0.1) is 0 Å². The lowest BCUT2D eigenvalue weighted by Crippen LogP contribution is -2.11. The first-order chi connectivity index (χ1) is 9.31. The number of rotatable bonds is 5. The molecule has 2 atom stereocenters. The van der Waals surface area contributed by atoms with Crippen molar-refractivity contribution in [3.05, 3.63) is 23.8 Å². The van der Waals surface area contributed by atoms with Gasteiger partial charge in [-0.1, -0.05) is 6.07 Å². The summed E-state index contributed by atoms with van der Waals surface area (Å²) >= 11 is 0. The van der Waals surface area contributed by atoms with Crippen molar-refractivity contribution in [2.45, 2.75) is 44.1 Å². The van der Waals surface area contributed by atoms with Crippen LogP contribution in [-0.2, 0) is 4.79 Å². The lowest BCUT2D eigenvalue weighted by atomic mass is 10.1. The number of aldehydes is 1. The molecule has 0 radical (unpaired) electrons. The molecule has 3 rings (SSSR count). The molecule has 3 heteroatoms. The first-order valence-electron chi connectivity index (χ1n) is 7.11. The molecule has 2 aliphatic carbocycles. The minimum Gasteiger partial charge on any atom is -0.493 e. The minimum atomic E-state index is 0.202. The molecule has 2 fully saturated rings. The predicted molar refractivity (Wildman–Crippen MR) is 72.8 cm³/mol. The van der Waals surface area contributed by atoms with Crippen LogP contribution in [-0.4, -0.2) is 19.5 Å². The van der Waals surface area contributed by atoms with Gasteiger partial charge in [-0.05, 0) is 55.7 Å². The zero-order valence-corrected chi connectivity index (χ0v) is 11.3. The monoisotopic (exact) mass is 260 g/mol. The lowest BCUT2D eigenvalue weighted by molar-refractivity contribution is -0.108. The summed E-state index contributed by atoms with van der Waals surface area (Å²) in [5.41, 5.74) is 1.20. The van der Waals surface area contributed by atoms with Crippen molar-refractivity contribution < 1.29 is 14.3 Å². The van der Waals surface area contributed by atoms with E-state index >= 15 is 0 Å². The summed E-state index contributed by atoms with van der Waals surface area (Å²) in [6.45, 7) is 0. The standard InChI is InChI=1S/C16H20O3/c1-18-15-7-6-11(14-8-12(14)10-17)9-16(15)19-13-4-2-3-5-13/h6-7,9-10,12-14H,2-5,8H2,1H3/t12-,14-/m0/s1. The normalized spacial score (nSPS) is 26.2. The van der Waals surface area contributed by atoms with Gasteiger partial charge >= 0.3 is 0 Å². The summed E-state index contributed by atoms with van der Waals surface area (Å²) in [5, 5.41) is 0. The van der Waals surface area contributed by atoms with E-state index < -0.39 is 0 Å². The van der Waals surface area contributed by atoms with Crippen LogP contribution in [0.1, 0.15) is 43.6 Å². The van der Waals surface area contributed by atoms with Crippen molar-refractivity contribution in [3.8, 4) is 11.5 Å². The van der Waals surface area contributed by atoms with Crippen LogP contribution in [0.25, 0.3) is 0 Å². The Morgan fingerprint density at radius 3 is 2.63 bits per heavy atom. The molecular formula is C16H20O3. The van der Waals surface area contributed by atoms with Gasteiger partial charge in [0.05, 0.1) is 13.2 Å². The summed E-state index contributed by atoms with van der Waals surface area (Å²) in [6.07, 6.45) is 7.13. The number of carbonyl (C=O) groups is 1. The third-order valence-electron chi connectivity index (χ3n) is 4.23. The van der Waals surface area contributed by atoms with Gasteiger partial charge < -0.3 is 14.3 Å². The SMILES string of the molecule is COc1ccc([C@@H]2C[C@H]2C=O)cc1OC1CCCC1. The highest BCUT2D eigenvalue weighted by atomic mass is 16.5. The molecule has 102 valence electrons. The van der Waals surface area contributed by atoms with E-state index in [1.807, 2.05) is 6.07 Å². The fraction of sp³-hybridized carbons (Fsp3) is 0.562. The third kappa shape index (κ3) is 2.60. The van der Waals surface area contributed by atoms with Gasteiger partial charge in [0.25, 0.3) is 0 Å². The number of carbonyl (C=O) groups excluding carboxylic acids is 1. The molecule has 0 aromatic heterocycles. The van der Waals surface area contributed by atoms with Crippen LogP contribution in [0.2, 0.25) is 0 Å². The summed E-state index contributed by atoms with van der Waals surface area (Å²) in [7, 11) is 1.67. The zero-order chi connectivity index (χ0) is 13.2. The smallest absolute Gasteiger partial charge is 0.161 e. The molecule has 0 spiro atoms. The van der Waals surface area contributed by atoms with E-state index in [1.165, 1.54) is 18.4 Å². The molecule has 0 unspecified atom stereocenters. The predicted octanol–water partition coefficient (Wildman–Crippen LogP) is 3.32. The van der Waals surface area contributed by atoms with Crippen molar-refractivity contribution >= 4 is 6.29 Å². The molecule has 19 heavy (non-hydrogen) atoms. The van der Waals surface area contributed by atoms with Gasteiger partial charge in [0, 0.05) is 5.92 Å². The van der Waals surface area contributed by atoms with Gasteiger partial charge in [0.1, 0.15) is 6.29 Å². The Morgan fingerprint density at radius 2 is 2.00 bits per heavy atom. The number of ether oxygens (including phenoxy) is 2. The fourth-order valence-corrected chi connectivity index (χ4v) is 2.95. The van der Waals surface area contributed by atoms with Crippen LogP contribution < -0.4 is 9.47 Å². The second-order valence-corrected chi connectivity index (χ2v) is 5.58. The van der Waals surface area contributed by atoms with Crippen molar-refractivity contribution in [1.82, 2.24) is 0 Å². The molecular weight excluding hydrogens is 240 g/mol. The van der Waals surface area contributed by atoms with E-state index in [0.717, 1.165) is 37.0 Å². The number of hydrogen-bond donors (Lipinski definition) is 0. The van der Waals surface area contributed by atoms with E-state index in [4.69, 9.17) is 9.47 Å². The first kappa shape index (κ1) is 12.5. The van der Waals surface area contributed by atoms with Gasteiger partial charge in [-0.25, -0.2) is 0 Å². The number of hydrogen-bond acceptors (Lipinski definition) is 3.